The highest BCUT2D eigenvalue weighted by Gasteiger charge is 2.26. The molecule has 0 N–H and O–H groups in total. The molecule has 106 valence electrons. The van der Waals surface area contributed by atoms with Crippen LogP contribution in [0, 0.1) is 13.8 Å². The van der Waals surface area contributed by atoms with Crippen molar-refractivity contribution in [1.29, 1.82) is 0 Å². The Hall–Kier alpha value is -1.55. The molecule has 1 aromatic heterocycles. The molecule has 2 aromatic rings. The fraction of sp³-hybridized carbons (Fsp3) is 0.438. The summed E-state index contributed by atoms with van der Waals surface area (Å²) in [5.41, 5.74) is 2.53. The standard InChI is InChI=1S/C16H20N2OS/c1-11-12(2)20-16(17-11)18-8-7-14(10-18)13-5-4-6-15(9-13)19-3/h4-6,9,14H,7-8,10H2,1-3H3. The van der Waals surface area contributed by atoms with E-state index < -0.39 is 0 Å². The maximum absolute atomic E-state index is 5.32. The minimum absolute atomic E-state index is 0.578. The van der Waals surface area contributed by atoms with Gasteiger partial charge in [-0.1, -0.05) is 12.1 Å². The topological polar surface area (TPSA) is 25.4 Å². The second kappa shape index (κ2) is 5.44. The van der Waals surface area contributed by atoms with E-state index in [0.717, 1.165) is 24.5 Å². The van der Waals surface area contributed by atoms with Crippen LogP contribution >= 0.6 is 11.3 Å². The molecule has 0 bridgehead atoms. The van der Waals surface area contributed by atoms with Crippen molar-refractivity contribution < 1.29 is 4.74 Å². The SMILES string of the molecule is COc1cccc(C2CCN(c3nc(C)c(C)s3)C2)c1. The third kappa shape index (κ3) is 2.52. The summed E-state index contributed by atoms with van der Waals surface area (Å²) in [6.45, 7) is 6.38. The van der Waals surface area contributed by atoms with E-state index in [1.807, 2.05) is 6.07 Å². The Morgan fingerprint density at radius 1 is 1.35 bits per heavy atom. The zero-order valence-corrected chi connectivity index (χ0v) is 13.0. The van der Waals surface area contributed by atoms with Crippen molar-refractivity contribution in [2.45, 2.75) is 26.2 Å². The zero-order chi connectivity index (χ0) is 14.1. The number of anilines is 1. The minimum Gasteiger partial charge on any atom is -0.497 e. The van der Waals surface area contributed by atoms with Crippen molar-refractivity contribution in [1.82, 2.24) is 4.98 Å². The van der Waals surface area contributed by atoms with Crippen LogP contribution in [0.15, 0.2) is 24.3 Å². The molecule has 1 unspecified atom stereocenters. The van der Waals surface area contributed by atoms with Gasteiger partial charge in [0.2, 0.25) is 0 Å². The number of nitrogens with zero attached hydrogens (tertiary/aromatic N) is 2. The van der Waals surface area contributed by atoms with Crippen LogP contribution in [0.5, 0.6) is 5.75 Å². The number of hydrogen-bond acceptors (Lipinski definition) is 4. The Labute approximate surface area is 124 Å². The van der Waals surface area contributed by atoms with E-state index in [4.69, 9.17) is 4.74 Å². The summed E-state index contributed by atoms with van der Waals surface area (Å²) in [6, 6.07) is 8.44. The Bertz CT molecular complexity index is 589. The normalized spacial score (nSPS) is 18.6. The molecular formula is C16H20N2OS. The second-order valence-corrected chi connectivity index (χ2v) is 6.53. The van der Waals surface area contributed by atoms with E-state index in [0.29, 0.717) is 5.92 Å². The summed E-state index contributed by atoms with van der Waals surface area (Å²) in [7, 11) is 1.72. The molecule has 3 rings (SSSR count). The highest BCUT2D eigenvalue weighted by Crippen LogP contribution is 2.34. The van der Waals surface area contributed by atoms with E-state index in [2.05, 4.69) is 41.9 Å². The minimum atomic E-state index is 0.578. The summed E-state index contributed by atoms with van der Waals surface area (Å²) in [5, 5.41) is 1.17. The van der Waals surface area contributed by atoms with Gasteiger partial charge in [0.05, 0.1) is 12.8 Å². The fourth-order valence-electron chi connectivity index (χ4n) is 2.69. The van der Waals surface area contributed by atoms with Crippen molar-refractivity contribution in [2.24, 2.45) is 0 Å². The average molecular weight is 288 g/mol. The van der Waals surface area contributed by atoms with Crippen LogP contribution in [-0.4, -0.2) is 25.2 Å². The number of benzene rings is 1. The van der Waals surface area contributed by atoms with Crippen LogP contribution in [0.2, 0.25) is 0 Å². The lowest BCUT2D eigenvalue weighted by atomic mass is 9.98. The maximum Gasteiger partial charge on any atom is 0.185 e. The van der Waals surface area contributed by atoms with Crippen molar-refractivity contribution in [3.63, 3.8) is 0 Å². The number of aryl methyl sites for hydroxylation is 2. The Morgan fingerprint density at radius 3 is 2.90 bits per heavy atom. The van der Waals surface area contributed by atoms with Gasteiger partial charge in [-0.3, -0.25) is 0 Å². The number of hydrogen-bond donors (Lipinski definition) is 0. The zero-order valence-electron chi connectivity index (χ0n) is 12.2. The molecule has 1 aromatic carbocycles. The molecule has 1 saturated heterocycles. The van der Waals surface area contributed by atoms with Gasteiger partial charge in [-0.2, -0.15) is 0 Å². The summed E-state index contributed by atoms with van der Waals surface area (Å²) in [6.07, 6.45) is 1.19. The van der Waals surface area contributed by atoms with E-state index in [1.54, 1.807) is 18.4 Å². The third-order valence-electron chi connectivity index (χ3n) is 4.04. The van der Waals surface area contributed by atoms with Crippen molar-refractivity contribution >= 4 is 16.5 Å². The van der Waals surface area contributed by atoms with Crippen LogP contribution in [0.1, 0.15) is 28.5 Å². The smallest absolute Gasteiger partial charge is 0.185 e. The molecule has 3 nitrogen and oxygen atoms in total. The van der Waals surface area contributed by atoms with Gasteiger partial charge in [0.1, 0.15) is 5.75 Å². The summed E-state index contributed by atoms with van der Waals surface area (Å²) in [4.78, 5) is 8.41. The van der Waals surface area contributed by atoms with Crippen molar-refractivity contribution in [3.8, 4) is 5.75 Å². The van der Waals surface area contributed by atoms with Gasteiger partial charge in [0, 0.05) is 23.9 Å². The van der Waals surface area contributed by atoms with Gasteiger partial charge < -0.3 is 9.64 Å². The second-order valence-electron chi connectivity index (χ2n) is 5.35. The number of ether oxygens (including phenoxy) is 1. The Balaban J connectivity index is 1.75. The maximum atomic E-state index is 5.32. The van der Waals surface area contributed by atoms with Crippen LogP contribution in [0.3, 0.4) is 0 Å². The van der Waals surface area contributed by atoms with Gasteiger partial charge in [-0.05, 0) is 38.0 Å². The highest BCUT2D eigenvalue weighted by atomic mass is 32.1. The number of thiazole rings is 1. The molecule has 20 heavy (non-hydrogen) atoms. The molecule has 0 aliphatic carbocycles. The van der Waals surface area contributed by atoms with Gasteiger partial charge in [-0.25, -0.2) is 4.98 Å². The average Bonchev–Trinajstić information content (AvgIpc) is 3.07. The molecule has 1 atom stereocenters. The Morgan fingerprint density at radius 2 is 2.20 bits per heavy atom. The first kappa shape index (κ1) is 13.4. The number of aromatic nitrogens is 1. The number of rotatable bonds is 3. The molecule has 1 aliphatic rings. The Kier molecular flexibility index (Phi) is 3.66. The highest BCUT2D eigenvalue weighted by molar-refractivity contribution is 7.15. The first-order valence-electron chi connectivity index (χ1n) is 7.00. The van der Waals surface area contributed by atoms with E-state index in [-0.39, 0.29) is 0 Å². The molecule has 2 heterocycles. The fourth-order valence-corrected chi connectivity index (χ4v) is 3.64. The molecule has 0 radical (unpaired) electrons. The number of methoxy groups -OCH3 is 1. The predicted molar refractivity (Wildman–Crippen MR) is 84.2 cm³/mol. The molecule has 1 aliphatic heterocycles. The lowest BCUT2D eigenvalue weighted by molar-refractivity contribution is 0.414. The van der Waals surface area contributed by atoms with Crippen LogP contribution < -0.4 is 9.64 Å². The van der Waals surface area contributed by atoms with Gasteiger partial charge in [-0.15, -0.1) is 11.3 Å². The molecule has 4 heteroatoms. The van der Waals surface area contributed by atoms with Gasteiger partial charge in [0.15, 0.2) is 5.13 Å². The van der Waals surface area contributed by atoms with Gasteiger partial charge >= 0.3 is 0 Å². The molecule has 0 saturated carbocycles. The van der Waals surface area contributed by atoms with E-state index >= 15 is 0 Å². The lowest BCUT2D eigenvalue weighted by Gasteiger charge is -2.15. The predicted octanol–water partition coefficient (Wildman–Crippen LogP) is 3.76. The monoisotopic (exact) mass is 288 g/mol. The van der Waals surface area contributed by atoms with E-state index in [9.17, 15) is 0 Å². The van der Waals surface area contributed by atoms with Gasteiger partial charge in [0.25, 0.3) is 0 Å². The largest absolute Gasteiger partial charge is 0.497 e. The van der Waals surface area contributed by atoms with Crippen molar-refractivity contribution in [3.05, 3.63) is 40.4 Å². The van der Waals surface area contributed by atoms with Crippen molar-refractivity contribution in [2.75, 3.05) is 25.1 Å². The summed E-state index contributed by atoms with van der Waals surface area (Å²) >= 11 is 1.81. The molecular weight excluding hydrogens is 268 g/mol. The quantitative estimate of drug-likeness (QED) is 0.860. The molecule has 0 amide bonds. The van der Waals surface area contributed by atoms with Crippen LogP contribution in [-0.2, 0) is 0 Å². The van der Waals surface area contributed by atoms with Crippen LogP contribution in [0.25, 0.3) is 0 Å². The third-order valence-corrected chi connectivity index (χ3v) is 5.17. The van der Waals surface area contributed by atoms with Crippen LogP contribution in [0.4, 0.5) is 5.13 Å². The van der Waals surface area contributed by atoms with E-state index in [1.165, 1.54) is 22.0 Å². The summed E-state index contributed by atoms with van der Waals surface area (Å²) in [5.74, 6) is 1.52. The summed E-state index contributed by atoms with van der Waals surface area (Å²) < 4.78 is 5.32. The molecule has 0 spiro atoms. The lowest BCUT2D eigenvalue weighted by Crippen LogP contribution is -2.18. The first-order valence-corrected chi connectivity index (χ1v) is 7.82. The first-order chi connectivity index (χ1) is 9.67. The molecule has 1 fully saturated rings.